The van der Waals surface area contributed by atoms with Crippen LogP contribution in [0.1, 0.15) is 25.7 Å². The third-order valence-electron chi connectivity index (χ3n) is 2.75. The lowest BCUT2D eigenvalue weighted by atomic mass is 9.43. The number of hydrogen-bond donors (Lipinski definition) is 1. The molecule has 0 aromatic rings. The second kappa shape index (κ2) is 2.49. The summed E-state index contributed by atoms with van der Waals surface area (Å²) < 4.78 is 0.743. The predicted molar refractivity (Wildman–Crippen MR) is 54.0 cm³/mol. The minimum Gasteiger partial charge on any atom is -0.330 e. The Bertz CT molecular complexity index is 123. The van der Waals surface area contributed by atoms with Crippen molar-refractivity contribution < 1.29 is 0 Å². The van der Waals surface area contributed by atoms with E-state index in [1.165, 1.54) is 25.7 Å². The molecule has 0 atom stereocenters. The van der Waals surface area contributed by atoms with Gasteiger partial charge in [0.2, 0.25) is 0 Å². The first-order valence-electron chi connectivity index (χ1n) is 3.57. The van der Waals surface area contributed by atoms with Crippen LogP contribution >= 0.6 is 35.0 Å². The van der Waals surface area contributed by atoms with Crippen LogP contribution in [0.15, 0.2) is 0 Å². The van der Waals surface area contributed by atoms with E-state index in [1.54, 1.807) is 0 Å². The SMILES string of the molecule is Cl.NCCC12CC(I)(C1)C2. The molecule has 1 nitrogen and oxygen atoms in total. The van der Waals surface area contributed by atoms with Gasteiger partial charge in [0.15, 0.2) is 0 Å². The van der Waals surface area contributed by atoms with Crippen molar-refractivity contribution in [2.75, 3.05) is 6.54 Å². The van der Waals surface area contributed by atoms with Crippen LogP contribution in [0.5, 0.6) is 0 Å². The molecule has 0 aromatic carbocycles. The molecule has 3 heteroatoms. The average molecular weight is 274 g/mol. The maximum absolute atomic E-state index is 5.49. The molecule has 3 fully saturated rings. The van der Waals surface area contributed by atoms with Gasteiger partial charge in [-0.15, -0.1) is 12.4 Å². The maximum Gasteiger partial charge on any atom is 0.0238 e. The van der Waals surface area contributed by atoms with E-state index in [4.69, 9.17) is 5.73 Å². The fourth-order valence-electron chi connectivity index (χ4n) is 2.43. The Labute approximate surface area is 81.7 Å². The highest BCUT2D eigenvalue weighted by molar-refractivity contribution is 14.1. The van der Waals surface area contributed by atoms with E-state index in [-0.39, 0.29) is 12.4 Å². The quantitative estimate of drug-likeness (QED) is 0.605. The normalized spacial score (nSPS) is 48.6. The van der Waals surface area contributed by atoms with Gasteiger partial charge in [-0.1, -0.05) is 22.6 Å². The minimum absolute atomic E-state index is 0. The molecule has 0 spiro atoms. The van der Waals surface area contributed by atoms with E-state index in [0.717, 1.165) is 15.4 Å². The van der Waals surface area contributed by atoms with Crippen molar-refractivity contribution in [2.24, 2.45) is 11.1 Å². The van der Waals surface area contributed by atoms with E-state index < -0.39 is 0 Å². The van der Waals surface area contributed by atoms with Crippen LogP contribution in [-0.4, -0.2) is 9.97 Å². The Balaban J connectivity index is 0.000000500. The van der Waals surface area contributed by atoms with Crippen LogP contribution in [0, 0.1) is 5.41 Å². The van der Waals surface area contributed by atoms with Crippen molar-refractivity contribution in [2.45, 2.75) is 29.1 Å². The van der Waals surface area contributed by atoms with Crippen molar-refractivity contribution in [3.63, 3.8) is 0 Å². The highest BCUT2D eigenvalue weighted by Gasteiger charge is 2.65. The van der Waals surface area contributed by atoms with Crippen molar-refractivity contribution in [1.29, 1.82) is 0 Å². The van der Waals surface area contributed by atoms with Crippen molar-refractivity contribution in [3.05, 3.63) is 0 Å². The van der Waals surface area contributed by atoms with Gasteiger partial charge in [-0.05, 0) is 37.6 Å². The Morgan fingerprint density at radius 1 is 1.30 bits per heavy atom. The van der Waals surface area contributed by atoms with E-state index in [0.29, 0.717) is 0 Å². The summed E-state index contributed by atoms with van der Waals surface area (Å²) in [6.07, 6.45) is 5.64. The minimum atomic E-state index is 0. The highest BCUT2D eigenvalue weighted by atomic mass is 127. The molecule has 0 aliphatic heterocycles. The van der Waals surface area contributed by atoms with E-state index in [9.17, 15) is 0 Å². The maximum atomic E-state index is 5.49. The largest absolute Gasteiger partial charge is 0.330 e. The van der Waals surface area contributed by atoms with Gasteiger partial charge < -0.3 is 5.73 Å². The van der Waals surface area contributed by atoms with Gasteiger partial charge in [0.05, 0.1) is 0 Å². The van der Waals surface area contributed by atoms with E-state index in [2.05, 4.69) is 22.6 Å². The summed E-state index contributed by atoms with van der Waals surface area (Å²) in [4.78, 5) is 0. The highest BCUT2D eigenvalue weighted by Crippen LogP contribution is 2.73. The zero-order chi connectivity index (χ0) is 6.54. The second-order valence-electron chi connectivity index (χ2n) is 3.72. The van der Waals surface area contributed by atoms with E-state index in [1.807, 2.05) is 0 Å². The number of rotatable bonds is 2. The summed E-state index contributed by atoms with van der Waals surface area (Å²) in [6.45, 7) is 0.896. The zero-order valence-corrected chi connectivity index (χ0v) is 8.87. The van der Waals surface area contributed by atoms with Crippen molar-refractivity contribution in [3.8, 4) is 0 Å². The molecule has 0 unspecified atom stereocenters. The fourth-order valence-corrected chi connectivity index (χ4v) is 4.86. The van der Waals surface area contributed by atoms with Gasteiger partial charge >= 0.3 is 0 Å². The van der Waals surface area contributed by atoms with Gasteiger partial charge in [0, 0.05) is 3.42 Å². The first-order valence-corrected chi connectivity index (χ1v) is 4.65. The Morgan fingerprint density at radius 2 is 1.80 bits per heavy atom. The fraction of sp³-hybridized carbons (Fsp3) is 1.00. The molecule has 10 heavy (non-hydrogen) atoms. The van der Waals surface area contributed by atoms with Gasteiger partial charge in [-0.2, -0.15) is 0 Å². The summed E-state index contributed by atoms with van der Waals surface area (Å²) in [5.41, 5.74) is 6.24. The summed E-state index contributed by atoms with van der Waals surface area (Å²) in [6, 6.07) is 0. The Kier molecular flexibility index (Phi) is 2.26. The number of alkyl halides is 1. The monoisotopic (exact) mass is 273 g/mol. The molecular formula is C7H13ClIN. The number of hydrogen-bond acceptors (Lipinski definition) is 1. The van der Waals surface area contributed by atoms with Crippen LogP contribution in [0.25, 0.3) is 0 Å². The summed E-state index contributed by atoms with van der Waals surface area (Å²) in [7, 11) is 0. The Hall–Kier alpha value is 0.980. The van der Waals surface area contributed by atoms with Gasteiger partial charge in [0.25, 0.3) is 0 Å². The molecule has 2 bridgehead atoms. The van der Waals surface area contributed by atoms with Gasteiger partial charge in [-0.3, -0.25) is 0 Å². The molecule has 0 aromatic heterocycles. The molecule has 0 amide bonds. The molecule has 3 saturated carbocycles. The zero-order valence-electron chi connectivity index (χ0n) is 5.90. The molecule has 3 aliphatic carbocycles. The summed E-state index contributed by atoms with van der Waals surface area (Å²) >= 11 is 2.60. The smallest absolute Gasteiger partial charge is 0.0238 e. The molecule has 60 valence electrons. The number of halogens is 2. The second-order valence-corrected chi connectivity index (χ2v) is 6.01. The lowest BCUT2D eigenvalue weighted by Gasteiger charge is -2.68. The van der Waals surface area contributed by atoms with Gasteiger partial charge in [-0.25, -0.2) is 0 Å². The summed E-state index contributed by atoms with van der Waals surface area (Å²) in [5.74, 6) is 0. The molecule has 3 aliphatic rings. The first kappa shape index (κ1) is 9.07. The molecule has 0 saturated heterocycles. The van der Waals surface area contributed by atoms with Gasteiger partial charge in [0.1, 0.15) is 0 Å². The van der Waals surface area contributed by atoms with Crippen molar-refractivity contribution in [1.82, 2.24) is 0 Å². The average Bonchev–Trinajstić information content (AvgIpc) is 1.60. The summed E-state index contributed by atoms with van der Waals surface area (Å²) in [5, 5.41) is 0. The van der Waals surface area contributed by atoms with Crippen LogP contribution in [0.4, 0.5) is 0 Å². The molecular weight excluding hydrogens is 260 g/mol. The lowest BCUT2D eigenvalue weighted by molar-refractivity contribution is -0.0670. The van der Waals surface area contributed by atoms with Crippen molar-refractivity contribution >= 4 is 35.0 Å². The van der Waals surface area contributed by atoms with Crippen LogP contribution in [0.3, 0.4) is 0 Å². The van der Waals surface area contributed by atoms with Crippen LogP contribution in [0.2, 0.25) is 0 Å². The molecule has 0 radical (unpaired) electrons. The standard InChI is InChI=1S/C7H12IN.ClH/c8-7-3-6(4-7,5-7)1-2-9;/h1-5,9H2;1H. The third kappa shape index (κ3) is 1.08. The first-order chi connectivity index (χ1) is 4.18. The molecule has 3 rings (SSSR count). The lowest BCUT2D eigenvalue weighted by Crippen LogP contribution is -2.63. The predicted octanol–water partition coefficient (Wildman–Crippen LogP) is 2.11. The van der Waals surface area contributed by atoms with Crippen LogP contribution in [-0.2, 0) is 0 Å². The molecule has 2 N–H and O–H groups in total. The topological polar surface area (TPSA) is 26.0 Å². The third-order valence-corrected chi connectivity index (χ3v) is 3.89. The van der Waals surface area contributed by atoms with Crippen LogP contribution < -0.4 is 5.73 Å². The Morgan fingerprint density at radius 3 is 2.10 bits per heavy atom. The molecule has 0 heterocycles. The van der Waals surface area contributed by atoms with E-state index >= 15 is 0 Å². The number of nitrogens with two attached hydrogens (primary N) is 1.